The number of anilines is 1. The van der Waals surface area contributed by atoms with Crippen LogP contribution in [0.4, 0.5) is 20.2 Å². The van der Waals surface area contributed by atoms with Crippen LogP contribution in [0.25, 0.3) is 0 Å². The van der Waals surface area contributed by atoms with E-state index in [0.717, 1.165) is 0 Å². The standard InChI is InChI=1S/C15H14F2N2O3/c1-10-12(6-4-7-13(10)19(20)21)18-9-11-5-2-3-8-14(11)22-15(16)17/h2-8,15,18H,9H2,1H3. The number of nitrogens with one attached hydrogen (secondary N) is 1. The number of halogens is 2. The Bertz CT molecular complexity index is 678. The summed E-state index contributed by atoms with van der Waals surface area (Å²) in [6.45, 7) is -1.06. The number of nitrogens with zero attached hydrogens (tertiary/aromatic N) is 1. The zero-order valence-electron chi connectivity index (χ0n) is 11.8. The Labute approximate surface area is 125 Å². The molecule has 0 heterocycles. The predicted octanol–water partition coefficient (Wildman–Crippen LogP) is 4.12. The SMILES string of the molecule is Cc1c(NCc2ccccc2OC(F)F)cccc1[N+](=O)[O-]. The van der Waals surface area contributed by atoms with E-state index in [9.17, 15) is 18.9 Å². The largest absolute Gasteiger partial charge is 0.434 e. The van der Waals surface area contributed by atoms with Gasteiger partial charge in [-0.05, 0) is 19.1 Å². The first-order valence-corrected chi connectivity index (χ1v) is 6.49. The van der Waals surface area contributed by atoms with E-state index in [1.807, 2.05) is 0 Å². The Kier molecular flexibility index (Phi) is 4.88. The van der Waals surface area contributed by atoms with E-state index in [0.29, 0.717) is 16.8 Å². The van der Waals surface area contributed by atoms with E-state index in [1.54, 1.807) is 37.3 Å². The van der Waals surface area contributed by atoms with Gasteiger partial charge < -0.3 is 10.1 Å². The van der Waals surface area contributed by atoms with Crippen molar-refractivity contribution in [3.63, 3.8) is 0 Å². The summed E-state index contributed by atoms with van der Waals surface area (Å²) >= 11 is 0. The highest BCUT2D eigenvalue weighted by molar-refractivity contribution is 5.60. The van der Waals surface area contributed by atoms with Crippen LogP contribution in [0, 0.1) is 17.0 Å². The smallest absolute Gasteiger partial charge is 0.387 e. The Morgan fingerprint density at radius 1 is 1.23 bits per heavy atom. The fourth-order valence-corrected chi connectivity index (χ4v) is 2.06. The average molecular weight is 308 g/mol. The molecular weight excluding hydrogens is 294 g/mol. The number of rotatable bonds is 6. The van der Waals surface area contributed by atoms with Crippen LogP contribution in [0.15, 0.2) is 42.5 Å². The molecule has 0 amide bonds. The molecule has 2 rings (SSSR count). The third-order valence-electron chi connectivity index (χ3n) is 3.16. The van der Waals surface area contributed by atoms with Crippen molar-refractivity contribution in [2.24, 2.45) is 0 Å². The minimum absolute atomic E-state index is 0.00196. The van der Waals surface area contributed by atoms with Crippen LogP contribution < -0.4 is 10.1 Å². The highest BCUT2D eigenvalue weighted by Gasteiger charge is 2.14. The lowest BCUT2D eigenvalue weighted by Crippen LogP contribution is -2.08. The van der Waals surface area contributed by atoms with Gasteiger partial charge in [-0.1, -0.05) is 24.3 Å². The number of ether oxygens (including phenoxy) is 1. The Hall–Kier alpha value is -2.70. The highest BCUT2D eigenvalue weighted by Crippen LogP contribution is 2.27. The van der Waals surface area contributed by atoms with Crippen molar-refractivity contribution >= 4 is 11.4 Å². The Balaban J connectivity index is 2.17. The third kappa shape index (κ3) is 3.69. The minimum atomic E-state index is -2.90. The van der Waals surface area contributed by atoms with E-state index in [2.05, 4.69) is 10.1 Å². The van der Waals surface area contributed by atoms with Crippen LogP contribution in [0.5, 0.6) is 5.75 Å². The molecule has 0 atom stereocenters. The molecule has 0 saturated carbocycles. The van der Waals surface area contributed by atoms with Gasteiger partial charge in [0, 0.05) is 29.4 Å². The first kappa shape index (κ1) is 15.7. The van der Waals surface area contributed by atoms with E-state index in [-0.39, 0.29) is 18.0 Å². The molecule has 5 nitrogen and oxygen atoms in total. The fourth-order valence-electron chi connectivity index (χ4n) is 2.06. The van der Waals surface area contributed by atoms with Crippen molar-refractivity contribution in [3.8, 4) is 5.75 Å². The first-order chi connectivity index (χ1) is 10.5. The molecule has 0 aliphatic carbocycles. The predicted molar refractivity (Wildman–Crippen MR) is 78.2 cm³/mol. The van der Waals surface area contributed by atoms with Crippen LogP contribution in [-0.4, -0.2) is 11.5 Å². The summed E-state index contributed by atoms with van der Waals surface area (Å²) in [4.78, 5) is 10.4. The number of hydrogen-bond acceptors (Lipinski definition) is 4. The van der Waals surface area contributed by atoms with Gasteiger partial charge in [0.05, 0.1) is 4.92 Å². The molecule has 0 aliphatic rings. The van der Waals surface area contributed by atoms with Crippen molar-refractivity contribution in [3.05, 3.63) is 63.7 Å². The molecule has 22 heavy (non-hydrogen) atoms. The van der Waals surface area contributed by atoms with Crippen LogP contribution >= 0.6 is 0 Å². The maximum Gasteiger partial charge on any atom is 0.387 e. The zero-order valence-corrected chi connectivity index (χ0v) is 11.8. The van der Waals surface area contributed by atoms with Gasteiger partial charge in [0.25, 0.3) is 5.69 Å². The third-order valence-corrected chi connectivity index (χ3v) is 3.16. The van der Waals surface area contributed by atoms with Crippen molar-refractivity contribution in [2.75, 3.05) is 5.32 Å². The molecule has 0 fully saturated rings. The van der Waals surface area contributed by atoms with Gasteiger partial charge in [0.15, 0.2) is 0 Å². The molecular formula is C15H14F2N2O3. The lowest BCUT2D eigenvalue weighted by molar-refractivity contribution is -0.385. The summed E-state index contributed by atoms with van der Waals surface area (Å²) in [5.74, 6) is 0.0769. The van der Waals surface area contributed by atoms with E-state index < -0.39 is 11.5 Å². The topological polar surface area (TPSA) is 64.4 Å². The van der Waals surface area contributed by atoms with E-state index >= 15 is 0 Å². The van der Waals surface area contributed by atoms with Crippen LogP contribution in [-0.2, 0) is 6.54 Å². The van der Waals surface area contributed by atoms with Crippen molar-refractivity contribution in [1.82, 2.24) is 0 Å². The van der Waals surface area contributed by atoms with Crippen molar-refractivity contribution < 1.29 is 18.4 Å². The molecule has 116 valence electrons. The summed E-state index contributed by atoms with van der Waals surface area (Å²) in [7, 11) is 0. The first-order valence-electron chi connectivity index (χ1n) is 6.49. The molecule has 0 spiro atoms. The second kappa shape index (κ2) is 6.84. The summed E-state index contributed by atoms with van der Waals surface area (Å²) in [6, 6.07) is 11.1. The minimum Gasteiger partial charge on any atom is -0.434 e. The van der Waals surface area contributed by atoms with Crippen molar-refractivity contribution in [1.29, 1.82) is 0 Å². The van der Waals surface area contributed by atoms with E-state index in [4.69, 9.17) is 0 Å². The van der Waals surface area contributed by atoms with Gasteiger partial charge in [-0.15, -0.1) is 0 Å². The van der Waals surface area contributed by atoms with Crippen LogP contribution in [0.1, 0.15) is 11.1 Å². The van der Waals surface area contributed by atoms with Gasteiger partial charge in [-0.25, -0.2) is 0 Å². The number of nitro groups is 1. The summed E-state index contributed by atoms with van der Waals surface area (Å²) < 4.78 is 29.1. The summed E-state index contributed by atoms with van der Waals surface area (Å²) in [6.07, 6.45) is 0. The molecule has 7 heteroatoms. The molecule has 1 N–H and O–H groups in total. The lowest BCUT2D eigenvalue weighted by Gasteiger charge is -2.13. The maximum absolute atomic E-state index is 12.4. The number of benzene rings is 2. The number of para-hydroxylation sites is 1. The summed E-state index contributed by atoms with van der Waals surface area (Å²) in [5.41, 5.74) is 1.59. The second-order valence-corrected chi connectivity index (χ2v) is 4.55. The van der Waals surface area contributed by atoms with Gasteiger partial charge in [0.2, 0.25) is 0 Å². The molecule has 0 unspecified atom stereocenters. The van der Waals surface area contributed by atoms with Crippen molar-refractivity contribution in [2.45, 2.75) is 20.1 Å². The molecule has 0 aromatic heterocycles. The number of hydrogen-bond donors (Lipinski definition) is 1. The molecule has 0 radical (unpaired) electrons. The zero-order chi connectivity index (χ0) is 16.1. The molecule has 0 saturated heterocycles. The van der Waals surface area contributed by atoms with Gasteiger partial charge in [-0.3, -0.25) is 10.1 Å². The van der Waals surface area contributed by atoms with E-state index in [1.165, 1.54) is 12.1 Å². The Morgan fingerprint density at radius 3 is 2.64 bits per heavy atom. The number of alkyl halides is 2. The average Bonchev–Trinajstić information content (AvgIpc) is 2.46. The highest BCUT2D eigenvalue weighted by atomic mass is 19.3. The number of nitro benzene ring substituents is 1. The normalized spacial score (nSPS) is 10.5. The second-order valence-electron chi connectivity index (χ2n) is 4.55. The van der Waals surface area contributed by atoms with Crippen LogP contribution in [0.2, 0.25) is 0 Å². The maximum atomic E-state index is 12.4. The molecule has 2 aromatic carbocycles. The van der Waals surface area contributed by atoms with Gasteiger partial charge in [0.1, 0.15) is 5.75 Å². The molecule has 2 aromatic rings. The fraction of sp³-hybridized carbons (Fsp3) is 0.200. The van der Waals surface area contributed by atoms with Crippen LogP contribution in [0.3, 0.4) is 0 Å². The van der Waals surface area contributed by atoms with Gasteiger partial charge >= 0.3 is 6.61 Å². The Morgan fingerprint density at radius 2 is 1.95 bits per heavy atom. The monoisotopic (exact) mass is 308 g/mol. The van der Waals surface area contributed by atoms with Gasteiger partial charge in [-0.2, -0.15) is 8.78 Å². The summed E-state index contributed by atoms with van der Waals surface area (Å²) in [5, 5.41) is 13.9. The lowest BCUT2D eigenvalue weighted by atomic mass is 10.1. The quantitative estimate of drug-likeness (QED) is 0.644. The molecule has 0 aliphatic heterocycles. The molecule has 0 bridgehead atoms.